The highest BCUT2D eigenvalue weighted by Crippen LogP contribution is 2.33. The Morgan fingerprint density at radius 1 is 1.00 bits per heavy atom. The van der Waals surface area contributed by atoms with Crippen LogP contribution in [0, 0.1) is 17.5 Å². The number of carbonyl (C=O) groups is 1. The van der Waals surface area contributed by atoms with Gasteiger partial charge in [0.05, 0.1) is 5.39 Å². The van der Waals surface area contributed by atoms with Gasteiger partial charge in [0.15, 0.2) is 11.6 Å². The molecule has 0 aliphatic carbocycles. The third-order valence-electron chi connectivity index (χ3n) is 7.34. The third-order valence-corrected chi connectivity index (χ3v) is 7.68. The van der Waals surface area contributed by atoms with Gasteiger partial charge >= 0.3 is 0 Å². The molecule has 0 atom stereocenters. The highest BCUT2D eigenvalue weighted by molar-refractivity contribution is 6.31. The van der Waals surface area contributed by atoms with Crippen LogP contribution in [-0.4, -0.2) is 40.2 Å². The van der Waals surface area contributed by atoms with E-state index in [0.29, 0.717) is 17.7 Å². The first kappa shape index (κ1) is 27.9. The van der Waals surface area contributed by atoms with Gasteiger partial charge in [0.25, 0.3) is 5.56 Å². The molecule has 0 bridgehead atoms. The summed E-state index contributed by atoms with van der Waals surface area (Å²) in [5.74, 6) is -3.63. The molecule has 0 radical (unpaired) electrons. The number of amides is 1. The number of rotatable bonds is 7. The maximum atomic E-state index is 14.8. The fraction of sp³-hybridized carbons (Fsp3) is 0.300. The lowest BCUT2D eigenvalue weighted by Gasteiger charge is -2.32. The summed E-state index contributed by atoms with van der Waals surface area (Å²) in [4.78, 5) is 26.9. The van der Waals surface area contributed by atoms with Crippen molar-refractivity contribution >= 4 is 34.0 Å². The van der Waals surface area contributed by atoms with E-state index in [1.54, 1.807) is 24.3 Å². The zero-order valence-electron chi connectivity index (χ0n) is 21.9. The van der Waals surface area contributed by atoms with Gasteiger partial charge < -0.3 is 10.2 Å². The summed E-state index contributed by atoms with van der Waals surface area (Å²) in [5, 5.41) is 6.83. The molecule has 1 amide bonds. The van der Waals surface area contributed by atoms with Crippen molar-refractivity contribution in [3.8, 4) is 11.3 Å². The van der Waals surface area contributed by atoms with Crippen molar-refractivity contribution in [2.75, 3.05) is 25.0 Å². The van der Waals surface area contributed by atoms with Gasteiger partial charge in [-0.25, -0.2) is 17.9 Å². The highest BCUT2D eigenvalue weighted by Gasteiger charge is 2.23. The molecule has 4 aromatic rings. The SMILES string of the molecule is CC(=O)Nc1cccc(C2CCN(CCCn3nc(-c4cc(F)c(Cl)c(F)c4F)c4ccccc4c3=O)CC2)c1. The minimum Gasteiger partial charge on any atom is -0.326 e. The number of benzene rings is 3. The molecule has 10 heteroatoms. The summed E-state index contributed by atoms with van der Waals surface area (Å²) >= 11 is 5.54. The summed E-state index contributed by atoms with van der Waals surface area (Å²) in [5.41, 5.74) is 1.22. The predicted octanol–water partition coefficient (Wildman–Crippen LogP) is 6.36. The molecule has 5 rings (SSSR count). The number of piperidine rings is 1. The standard InChI is InChI=1S/C30H28ClF3N4O2/c1-18(39)35-21-7-4-6-20(16-21)19-10-14-37(15-11-19)12-5-13-38-30(40)23-9-3-2-8-22(23)29(36-38)24-17-25(32)26(31)28(34)27(24)33/h2-4,6-9,16-17,19H,5,10-15H2,1H3,(H,35,39). The Labute approximate surface area is 234 Å². The molecule has 1 saturated heterocycles. The molecule has 1 N–H and O–H groups in total. The minimum absolute atomic E-state index is 0.0236. The fourth-order valence-electron chi connectivity index (χ4n) is 5.34. The van der Waals surface area contributed by atoms with Crippen LogP contribution in [0.1, 0.15) is 37.7 Å². The first-order valence-electron chi connectivity index (χ1n) is 13.2. The van der Waals surface area contributed by atoms with Crippen LogP contribution in [0.3, 0.4) is 0 Å². The summed E-state index contributed by atoms with van der Waals surface area (Å²) in [6, 6.07) is 15.2. The van der Waals surface area contributed by atoms with Gasteiger partial charge in [-0.2, -0.15) is 5.10 Å². The van der Waals surface area contributed by atoms with Crippen LogP contribution in [0.2, 0.25) is 5.02 Å². The van der Waals surface area contributed by atoms with Crippen molar-refractivity contribution in [2.45, 2.75) is 38.6 Å². The van der Waals surface area contributed by atoms with Gasteiger partial charge in [-0.1, -0.05) is 41.9 Å². The normalized spacial score (nSPS) is 14.5. The Morgan fingerprint density at radius 3 is 2.45 bits per heavy atom. The second-order valence-electron chi connectivity index (χ2n) is 10.0. The second kappa shape index (κ2) is 11.8. The van der Waals surface area contributed by atoms with Crippen LogP contribution in [0.15, 0.2) is 59.4 Å². The van der Waals surface area contributed by atoms with E-state index in [0.717, 1.165) is 44.2 Å². The van der Waals surface area contributed by atoms with Gasteiger partial charge in [0.2, 0.25) is 5.91 Å². The van der Waals surface area contributed by atoms with E-state index in [9.17, 15) is 22.8 Å². The molecule has 208 valence electrons. The number of hydrogen-bond acceptors (Lipinski definition) is 4. The van der Waals surface area contributed by atoms with E-state index in [-0.39, 0.29) is 29.1 Å². The topological polar surface area (TPSA) is 67.2 Å². The number of aromatic nitrogens is 2. The van der Waals surface area contributed by atoms with E-state index in [1.807, 2.05) is 18.2 Å². The van der Waals surface area contributed by atoms with E-state index >= 15 is 0 Å². The number of fused-ring (bicyclic) bond motifs is 1. The molecular formula is C30H28ClF3N4O2. The zero-order valence-corrected chi connectivity index (χ0v) is 22.6. The summed E-state index contributed by atoms with van der Waals surface area (Å²) in [7, 11) is 0. The van der Waals surface area contributed by atoms with Crippen LogP contribution in [0.4, 0.5) is 18.9 Å². The van der Waals surface area contributed by atoms with E-state index in [4.69, 9.17) is 11.6 Å². The largest absolute Gasteiger partial charge is 0.326 e. The monoisotopic (exact) mass is 568 g/mol. The first-order chi connectivity index (χ1) is 19.2. The predicted molar refractivity (Wildman–Crippen MR) is 150 cm³/mol. The molecule has 1 fully saturated rings. The molecule has 0 spiro atoms. The number of nitrogens with one attached hydrogen (secondary N) is 1. The number of likely N-dealkylation sites (tertiary alicyclic amines) is 1. The van der Waals surface area contributed by atoms with Crippen molar-refractivity contribution in [2.24, 2.45) is 0 Å². The number of nitrogens with zero attached hydrogens (tertiary/aromatic N) is 3. The quantitative estimate of drug-likeness (QED) is 0.208. The molecule has 1 aromatic heterocycles. The Bertz CT molecular complexity index is 1630. The Hall–Kier alpha value is -3.69. The van der Waals surface area contributed by atoms with Crippen LogP contribution < -0.4 is 10.9 Å². The maximum Gasteiger partial charge on any atom is 0.274 e. The number of carbonyl (C=O) groups excluding carboxylic acids is 1. The second-order valence-corrected chi connectivity index (χ2v) is 10.4. The lowest BCUT2D eigenvalue weighted by Crippen LogP contribution is -2.34. The Morgan fingerprint density at radius 2 is 1.73 bits per heavy atom. The van der Waals surface area contributed by atoms with Crippen LogP contribution >= 0.6 is 11.6 Å². The number of halogens is 4. The van der Waals surface area contributed by atoms with Gasteiger partial charge in [-0.3, -0.25) is 9.59 Å². The molecule has 6 nitrogen and oxygen atoms in total. The molecule has 2 heterocycles. The van der Waals surface area contributed by atoms with Crippen molar-refractivity contribution in [1.82, 2.24) is 14.7 Å². The van der Waals surface area contributed by atoms with Gasteiger partial charge in [-0.15, -0.1) is 0 Å². The lowest BCUT2D eigenvalue weighted by atomic mass is 9.89. The minimum atomic E-state index is -1.49. The van der Waals surface area contributed by atoms with Gasteiger partial charge in [0, 0.05) is 30.1 Å². The van der Waals surface area contributed by atoms with Crippen LogP contribution in [-0.2, 0) is 11.3 Å². The van der Waals surface area contributed by atoms with Crippen LogP contribution in [0.25, 0.3) is 22.0 Å². The summed E-state index contributed by atoms with van der Waals surface area (Å²) < 4.78 is 44.6. The molecule has 1 aliphatic rings. The smallest absolute Gasteiger partial charge is 0.274 e. The van der Waals surface area contributed by atoms with Gasteiger partial charge in [0.1, 0.15) is 16.5 Å². The molecule has 3 aromatic carbocycles. The fourth-order valence-corrected chi connectivity index (χ4v) is 5.48. The Kier molecular flexibility index (Phi) is 8.23. The molecule has 1 aliphatic heterocycles. The van der Waals surface area contributed by atoms with E-state index < -0.39 is 28.0 Å². The van der Waals surface area contributed by atoms with Crippen molar-refractivity contribution in [1.29, 1.82) is 0 Å². The summed E-state index contributed by atoms with van der Waals surface area (Å²) in [6.45, 7) is 4.25. The van der Waals surface area contributed by atoms with E-state index in [2.05, 4.69) is 21.4 Å². The lowest BCUT2D eigenvalue weighted by molar-refractivity contribution is -0.114. The van der Waals surface area contributed by atoms with Crippen LogP contribution in [0.5, 0.6) is 0 Å². The van der Waals surface area contributed by atoms with Crippen molar-refractivity contribution in [3.63, 3.8) is 0 Å². The van der Waals surface area contributed by atoms with E-state index in [1.165, 1.54) is 17.2 Å². The highest BCUT2D eigenvalue weighted by atomic mass is 35.5. The van der Waals surface area contributed by atoms with Gasteiger partial charge in [-0.05, 0) is 74.6 Å². The van der Waals surface area contributed by atoms with Crippen molar-refractivity contribution < 1.29 is 18.0 Å². The molecule has 0 unspecified atom stereocenters. The number of hydrogen-bond donors (Lipinski definition) is 1. The first-order valence-corrected chi connectivity index (χ1v) is 13.5. The summed E-state index contributed by atoms with van der Waals surface area (Å²) in [6.07, 6.45) is 2.54. The van der Waals surface area contributed by atoms with Crippen molar-refractivity contribution in [3.05, 3.63) is 93.0 Å². The molecule has 40 heavy (non-hydrogen) atoms. The number of aryl methyl sites for hydroxylation is 1. The average Bonchev–Trinajstić information content (AvgIpc) is 2.95. The number of anilines is 1. The third kappa shape index (κ3) is 5.76. The zero-order chi connectivity index (χ0) is 28.4. The Balaban J connectivity index is 1.29. The molecular weight excluding hydrogens is 541 g/mol. The average molecular weight is 569 g/mol. The maximum absolute atomic E-state index is 14.8. The molecule has 0 saturated carbocycles.